The first-order chi connectivity index (χ1) is 35.9. The predicted molar refractivity (Wildman–Crippen MR) is 270 cm³/mol. The van der Waals surface area contributed by atoms with E-state index in [2.05, 4.69) is 42.5 Å². The van der Waals surface area contributed by atoms with Gasteiger partial charge < -0.3 is 95.1 Å². The van der Waals surface area contributed by atoms with Crippen molar-refractivity contribution in [2.75, 3.05) is 46.0 Å². The molecule has 76 heavy (non-hydrogen) atoms. The number of hydrogen-bond acceptors (Lipinski definition) is 18. The predicted octanol–water partition coefficient (Wildman–Crippen LogP) is -7.04. The van der Waals surface area contributed by atoms with E-state index in [4.69, 9.17) is 17.2 Å². The second-order valence-corrected chi connectivity index (χ2v) is 19.6. The fraction of sp³-hybridized carbons (Fsp3) is 0.766. The monoisotopic (exact) mass is 1090 g/mol. The minimum Gasteiger partial charge on any atom is -0.480 e. The van der Waals surface area contributed by atoms with Gasteiger partial charge in [-0.25, -0.2) is 4.79 Å². The number of aliphatic carboxylic acids is 1. The summed E-state index contributed by atoms with van der Waals surface area (Å²) in [7, 11) is 0. The van der Waals surface area contributed by atoms with Crippen LogP contribution in [0.4, 0.5) is 0 Å². The van der Waals surface area contributed by atoms with E-state index in [0.29, 0.717) is 58.0 Å². The van der Waals surface area contributed by atoms with Gasteiger partial charge >= 0.3 is 5.97 Å². The molecule has 2 heterocycles. The molecule has 2 aliphatic heterocycles. The number of nitrogens with zero attached hydrogens (tertiary/aromatic N) is 2. The number of carboxylic acid groups (broad SMARTS) is 1. The Kier molecular flexibility index (Phi) is 28.8. The van der Waals surface area contributed by atoms with E-state index < -0.39 is 157 Å². The number of likely N-dealkylation sites (tertiary alicyclic amines) is 2. The zero-order valence-electron chi connectivity index (χ0n) is 44.1. The van der Waals surface area contributed by atoms with Crippen LogP contribution in [0.3, 0.4) is 0 Å². The van der Waals surface area contributed by atoms with Crippen LogP contribution < -0.4 is 59.7 Å². The fourth-order valence-electron chi connectivity index (χ4n) is 8.51. The van der Waals surface area contributed by atoms with E-state index in [1.54, 1.807) is 13.8 Å². The van der Waals surface area contributed by atoms with E-state index in [9.17, 15) is 78.3 Å². The maximum absolute atomic E-state index is 14.0. The van der Waals surface area contributed by atoms with Crippen molar-refractivity contribution >= 4 is 65.0 Å². The molecule has 0 bridgehead atoms. The lowest BCUT2D eigenvalue weighted by molar-refractivity contribution is -0.149. The average Bonchev–Trinajstić information content (AvgIpc) is 4.08. The van der Waals surface area contributed by atoms with Crippen LogP contribution in [0.25, 0.3) is 0 Å². The molecule has 2 aliphatic rings. The molecule has 29 heteroatoms. The van der Waals surface area contributed by atoms with Gasteiger partial charge in [0.15, 0.2) is 0 Å². The van der Waals surface area contributed by atoms with Crippen LogP contribution in [0.1, 0.15) is 105 Å². The standard InChI is InChI=1S/C47H83N13O16/c1-24(2)20-30(54-43(71)34-14-10-18-59(34)46(74)29(13-7-9-17-49)53-38(66)28(50)12-6-8-16-48)39(67)58-36(27(5)64)44(72)57-33(23-63)42(70)56-32(22-62)41(69)55-31(21-61)40(68)51-25(3)37(65)52-26(4)45(73)60-19-11-15-35(60)47(75)76/h24-36,61-64H,6-23,48-50H2,1-5H3,(H,51,68)(H,52,65)(H,53,66)(H,54,71)(H,55,69)(H,56,70)(H,57,72)(H,58,67)(H,75,76)/t25-,26-,27+,28-,29-,30-,31-,32-,33-,34-,35-,36-/m0/s1. The molecule has 10 amide bonds. The van der Waals surface area contributed by atoms with Crippen molar-refractivity contribution in [1.29, 1.82) is 0 Å². The highest BCUT2D eigenvalue weighted by Gasteiger charge is 2.41. The summed E-state index contributed by atoms with van der Waals surface area (Å²) >= 11 is 0. The molecule has 0 aromatic carbocycles. The summed E-state index contributed by atoms with van der Waals surface area (Å²) < 4.78 is 0. The average molecular weight is 1090 g/mol. The van der Waals surface area contributed by atoms with Gasteiger partial charge in [0.1, 0.15) is 60.4 Å². The third-order valence-electron chi connectivity index (χ3n) is 12.9. The molecule has 432 valence electrons. The van der Waals surface area contributed by atoms with Gasteiger partial charge in [0.2, 0.25) is 59.1 Å². The summed E-state index contributed by atoms with van der Waals surface area (Å²) in [5.41, 5.74) is 17.3. The smallest absolute Gasteiger partial charge is 0.326 e. The normalized spacial score (nSPS) is 19.3. The van der Waals surface area contributed by atoms with Gasteiger partial charge in [-0.15, -0.1) is 0 Å². The Hall–Kier alpha value is -6.11. The maximum atomic E-state index is 14.0. The highest BCUT2D eigenvalue weighted by molar-refractivity contribution is 5.99. The van der Waals surface area contributed by atoms with E-state index in [1.807, 2.05) is 0 Å². The van der Waals surface area contributed by atoms with E-state index >= 15 is 0 Å². The van der Waals surface area contributed by atoms with Gasteiger partial charge in [-0.05, 0) is 104 Å². The Labute approximate surface area is 441 Å². The molecular formula is C47H83N13O16. The van der Waals surface area contributed by atoms with E-state index in [1.165, 1.54) is 18.7 Å². The summed E-state index contributed by atoms with van der Waals surface area (Å²) in [4.78, 5) is 148. The molecule has 0 aromatic heterocycles. The number of aliphatic hydroxyl groups excluding tert-OH is 4. The second kappa shape index (κ2) is 33.1. The highest BCUT2D eigenvalue weighted by Crippen LogP contribution is 2.22. The van der Waals surface area contributed by atoms with Crippen molar-refractivity contribution in [1.82, 2.24) is 52.3 Å². The van der Waals surface area contributed by atoms with Crippen LogP contribution in [0.2, 0.25) is 0 Å². The number of nitrogens with two attached hydrogens (primary N) is 3. The van der Waals surface area contributed by atoms with Gasteiger partial charge in [0.05, 0.1) is 32.0 Å². The highest BCUT2D eigenvalue weighted by atomic mass is 16.4. The number of nitrogens with one attached hydrogen (secondary N) is 8. The number of hydrogen-bond donors (Lipinski definition) is 16. The quantitative estimate of drug-likeness (QED) is 0.0272. The van der Waals surface area contributed by atoms with Gasteiger partial charge in [-0.2, -0.15) is 0 Å². The van der Waals surface area contributed by atoms with E-state index in [0.717, 1.165) is 11.8 Å². The minimum atomic E-state index is -1.88. The molecule has 19 N–H and O–H groups in total. The third kappa shape index (κ3) is 20.4. The molecule has 29 nitrogen and oxygen atoms in total. The Morgan fingerprint density at radius 2 is 0.961 bits per heavy atom. The first-order valence-corrected chi connectivity index (χ1v) is 25.8. The molecular weight excluding hydrogens is 1000 g/mol. The van der Waals surface area contributed by atoms with Crippen LogP contribution in [0.15, 0.2) is 0 Å². The van der Waals surface area contributed by atoms with E-state index in [-0.39, 0.29) is 44.7 Å². The fourth-order valence-corrected chi connectivity index (χ4v) is 8.51. The van der Waals surface area contributed by atoms with Crippen LogP contribution >= 0.6 is 0 Å². The van der Waals surface area contributed by atoms with Crippen molar-refractivity contribution in [3.05, 3.63) is 0 Å². The SMILES string of the molecule is CC(C)C[C@H](NC(=O)[C@@H]1CCCN1C(=O)[C@H](CCCCN)NC(=O)[C@@H](N)CCCCN)C(=O)N[C@H](C(=O)N[C@@H](CO)C(=O)N[C@@H](CO)C(=O)N[C@@H](CO)C(=O)N[C@@H](C)C(=O)N[C@@H](C)C(=O)N1CCC[C@H]1C(=O)O)[C@@H](C)O. The molecule has 2 rings (SSSR count). The topological polar surface area (TPSA) is 470 Å². The number of carbonyl (C=O) groups is 11. The number of aliphatic hydroxyl groups is 4. The largest absolute Gasteiger partial charge is 0.480 e. The summed E-state index contributed by atoms with van der Waals surface area (Å²) in [6, 6.07) is -15.2. The van der Waals surface area contributed by atoms with Crippen molar-refractivity contribution in [2.45, 2.75) is 178 Å². The lowest BCUT2D eigenvalue weighted by Crippen LogP contribution is -2.63. The third-order valence-corrected chi connectivity index (χ3v) is 12.9. The Bertz CT molecular complexity index is 2000. The van der Waals surface area contributed by atoms with Gasteiger partial charge in [0.25, 0.3) is 0 Å². The molecule has 0 saturated carbocycles. The van der Waals surface area contributed by atoms with Crippen LogP contribution in [-0.2, 0) is 52.7 Å². The zero-order chi connectivity index (χ0) is 57.4. The number of rotatable bonds is 33. The zero-order valence-corrected chi connectivity index (χ0v) is 44.1. The number of amides is 10. The molecule has 0 unspecified atom stereocenters. The summed E-state index contributed by atoms with van der Waals surface area (Å²) in [5, 5.41) is 68.8. The van der Waals surface area contributed by atoms with Gasteiger partial charge in [-0.3, -0.25) is 47.9 Å². The molecule has 0 aliphatic carbocycles. The van der Waals surface area contributed by atoms with Crippen molar-refractivity contribution in [3.8, 4) is 0 Å². The summed E-state index contributed by atoms with van der Waals surface area (Å²) in [6.07, 6.45) is 2.60. The molecule has 0 spiro atoms. The van der Waals surface area contributed by atoms with Crippen LogP contribution in [0.5, 0.6) is 0 Å². The summed E-state index contributed by atoms with van der Waals surface area (Å²) in [5.74, 6) is -10.5. The first kappa shape index (κ1) is 66.0. The Morgan fingerprint density at radius 1 is 0.513 bits per heavy atom. The molecule has 12 atom stereocenters. The second-order valence-electron chi connectivity index (χ2n) is 19.6. The Morgan fingerprint density at radius 3 is 1.45 bits per heavy atom. The Balaban J connectivity index is 2.11. The lowest BCUT2D eigenvalue weighted by Gasteiger charge is -2.31. The van der Waals surface area contributed by atoms with Gasteiger partial charge in [0, 0.05) is 13.1 Å². The maximum Gasteiger partial charge on any atom is 0.326 e. The molecule has 2 saturated heterocycles. The van der Waals surface area contributed by atoms with Gasteiger partial charge in [-0.1, -0.05) is 20.3 Å². The van der Waals surface area contributed by atoms with Crippen molar-refractivity contribution < 1.29 is 78.3 Å². The molecule has 0 aromatic rings. The summed E-state index contributed by atoms with van der Waals surface area (Å²) in [6.45, 7) is 5.01. The van der Waals surface area contributed by atoms with Crippen LogP contribution in [-0.4, -0.2) is 219 Å². The number of carboxylic acids is 1. The number of carbonyl (C=O) groups excluding carboxylic acids is 10. The molecule has 0 radical (unpaired) electrons. The minimum absolute atomic E-state index is 0.0178. The number of unbranched alkanes of at least 4 members (excludes halogenated alkanes) is 2. The van der Waals surface area contributed by atoms with Crippen molar-refractivity contribution in [2.24, 2.45) is 23.1 Å². The van der Waals surface area contributed by atoms with Crippen LogP contribution in [0, 0.1) is 5.92 Å². The first-order valence-electron chi connectivity index (χ1n) is 25.8. The lowest BCUT2D eigenvalue weighted by atomic mass is 10.0. The molecule has 2 fully saturated rings. The van der Waals surface area contributed by atoms with Crippen molar-refractivity contribution in [3.63, 3.8) is 0 Å².